The van der Waals surface area contributed by atoms with E-state index in [2.05, 4.69) is 13.8 Å². The number of nitrogens with zero attached hydrogens (tertiary/aromatic N) is 2. The molecule has 0 bridgehead atoms. The zero-order chi connectivity index (χ0) is 13.3. The number of carboxylic acids is 1. The van der Waals surface area contributed by atoms with Gasteiger partial charge in [-0.25, -0.2) is 4.79 Å². The third-order valence-corrected chi connectivity index (χ3v) is 4.17. The predicted molar refractivity (Wildman–Crippen MR) is 67.3 cm³/mol. The van der Waals surface area contributed by atoms with Crippen LogP contribution in [0.15, 0.2) is 0 Å². The second kappa shape index (κ2) is 5.16. The van der Waals surface area contributed by atoms with E-state index in [-0.39, 0.29) is 18.4 Å². The molecule has 0 aromatic carbocycles. The largest absolute Gasteiger partial charge is 0.481 e. The van der Waals surface area contributed by atoms with E-state index in [4.69, 9.17) is 5.11 Å². The number of rotatable bonds is 3. The van der Waals surface area contributed by atoms with Gasteiger partial charge in [0.05, 0.1) is 6.42 Å². The highest BCUT2D eigenvalue weighted by Gasteiger charge is 2.40. The summed E-state index contributed by atoms with van der Waals surface area (Å²) in [5, 5.41) is 8.69. The molecule has 0 radical (unpaired) electrons. The molecular weight excluding hydrogens is 232 g/mol. The first-order valence-electron chi connectivity index (χ1n) is 6.82. The number of hydrogen-bond donors (Lipinski definition) is 1. The van der Waals surface area contributed by atoms with Crippen molar-refractivity contribution >= 4 is 12.0 Å². The van der Waals surface area contributed by atoms with Crippen molar-refractivity contribution in [2.45, 2.75) is 51.6 Å². The van der Waals surface area contributed by atoms with Crippen LogP contribution in [-0.4, -0.2) is 52.1 Å². The Morgan fingerprint density at radius 1 is 1.28 bits per heavy atom. The minimum atomic E-state index is -0.770. The van der Waals surface area contributed by atoms with E-state index in [0.717, 1.165) is 19.3 Å². The SMILES string of the molecule is CCC1CCC(C)N1C(=O)N1CC(CC(=O)O)C1. The number of amides is 2. The van der Waals surface area contributed by atoms with Gasteiger partial charge in [0, 0.05) is 31.1 Å². The molecule has 2 amide bonds. The van der Waals surface area contributed by atoms with Crippen LogP contribution in [0.5, 0.6) is 0 Å². The molecule has 2 saturated heterocycles. The maximum Gasteiger partial charge on any atom is 0.320 e. The number of carboxylic acid groups (broad SMARTS) is 1. The van der Waals surface area contributed by atoms with Crippen molar-refractivity contribution in [2.75, 3.05) is 13.1 Å². The first-order chi connectivity index (χ1) is 8.52. The summed E-state index contributed by atoms with van der Waals surface area (Å²) in [6.07, 6.45) is 3.35. The van der Waals surface area contributed by atoms with Gasteiger partial charge in [0.15, 0.2) is 0 Å². The van der Waals surface area contributed by atoms with Crippen molar-refractivity contribution in [3.05, 3.63) is 0 Å². The molecule has 0 aromatic rings. The Hall–Kier alpha value is -1.26. The van der Waals surface area contributed by atoms with Gasteiger partial charge in [-0.2, -0.15) is 0 Å². The van der Waals surface area contributed by atoms with E-state index in [1.165, 1.54) is 0 Å². The predicted octanol–water partition coefficient (Wildman–Crippen LogP) is 1.78. The van der Waals surface area contributed by atoms with Crippen LogP contribution in [0.3, 0.4) is 0 Å². The van der Waals surface area contributed by atoms with Gasteiger partial charge in [-0.05, 0) is 26.2 Å². The standard InChI is InChI=1S/C13H22N2O3/c1-3-11-5-4-9(2)15(11)13(18)14-7-10(8-14)6-12(16)17/h9-11H,3-8H2,1-2H3,(H,16,17). The normalized spacial score (nSPS) is 28.3. The number of urea groups is 1. The molecular formula is C13H22N2O3. The monoisotopic (exact) mass is 254 g/mol. The van der Waals surface area contributed by atoms with Crippen LogP contribution in [0.2, 0.25) is 0 Å². The fourth-order valence-corrected chi connectivity index (χ4v) is 3.08. The summed E-state index contributed by atoms with van der Waals surface area (Å²) in [7, 11) is 0. The average Bonchev–Trinajstić information content (AvgIpc) is 2.63. The molecule has 2 heterocycles. The zero-order valence-electron chi connectivity index (χ0n) is 11.1. The number of hydrogen-bond acceptors (Lipinski definition) is 2. The van der Waals surface area contributed by atoms with Gasteiger partial charge in [-0.1, -0.05) is 6.92 Å². The van der Waals surface area contributed by atoms with E-state index < -0.39 is 5.97 Å². The summed E-state index contributed by atoms with van der Waals surface area (Å²) in [5.74, 6) is -0.627. The quantitative estimate of drug-likeness (QED) is 0.835. The summed E-state index contributed by atoms with van der Waals surface area (Å²) in [6.45, 7) is 5.42. The molecule has 2 unspecified atom stereocenters. The van der Waals surface area contributed by atoms with Gasteiger partial charge in [0.2, 0.25) is 0 Å². The molecule has 5 heteroatoms. The highest BCUT2D eigenvalue weighted by molar-refractivity contribution is 5.77. The van der Waals surface area contributed by atoms with E-state index in [1.54, 1.807) is 4.90 Å². The Morgan fingerprint density at radius 2 is 1.94 bits per heavy atom. The number of aliphatic carboxylic acids is 1. The van der Waals surface area contributed by atoms with Crippen molar-refractivity contribution < 1.29 is 14.7 Å². The molecule has 2 atom stereocenters. The third-order valence-electron chi connectivity index (χ3n) is 4.17. The third kappa shape index (κ3) is 2.44. The second-order valence-corrected chi connectivity index (χ2v) is 5.55. The minimum Gasteiger partial charge on any atom is -0.481 e. The molecule has 2 fully saturated rings. The summed E-state index contributed by atoms with van der Waals surface area (Å²) < 4.78 is 0. The van der Waals surface area contributed by atoms with Crippen molar-refractivity contribution in [1.29, 1.82) is 0 Å². The van der Waals surface area contributed by atoms with Gasteiger partial charge in [0.1, 0.15) is 0 Å². The van der Waals surface area contributed by atoms with Crippen molar-refractivity contribution in [3.63, 3.8) is 0 Å². The van der Waals surface area contributed by atoms with Gasteiger partial charge >= 0.3 is 12.0 Å². The second-order valence-electron chi connectivity index (χ2n) is 5.55. The first-order valence-corrected chi connectivity index (χ1v) is 6.82. The number of likely N-dealkylation sites (tertiary alicyclic amines) is 2. The molecule has 2 rings (SSSR count). The minimum absolute atomic E-state index is 0.105. The molecule has 18 heavy (non-hydrogen) atoms. The zero-order valence-corrected chi connectivity index (χ0v) is 11.1. The highest BCUT2D eigenvalue weighted by atomic mass is 16.4. The molecule has 0 aromatic heterocycles. The van der Waals surface area contributed by atoms with Crippen molar-refractivity contribution in [3.8, 4) is 0 Å². The van der Waals surface area contributed by atoms with Gasteiger partial charge in [-0.15, -0.1) is 0 Å². The molecule has 102 valence electrons. The highest BCUT2D eigenvalue weighted by Crippen LogP contribution is 2.30. The molecule has 0 spiro atoms. The van der Waals surface area contributed by atoms with Crippen LogP contribution in [0.1, 0.15) is 39.5 Å². The molecule has 0 aliphatic carbocycles. The Bertz CT molecular complexity index is 339. The molecule has 1 N–H and O–H groups in total. The molecule has 0 saturated carbocycles. The van der Waals surface area contributed by atoms with Crippen LogP contribution in [0, 0.1) is 5.92 Å². The molecule has 5 nitrogen and oxygen atoms in total. The Kier molecular flexibility index (Phi) is 3.78. The van der Waals surface area contributed by atoms with Crippen molar-refractivity contribution in [2.24, 2.45) is 5.92 Å². The Labute approximate surface area is 108 Å². The number of carbonyl (C=O) groups excluding carboxylic acids is 1. The fourth-order valence-electron chi connectivity index (χ4n) is 3.08. The summed E-state index contributed by atoms with van der Waals surface area (Å²) in [6, 6.07) is 0.792. The smallest absolute Gasteiger partial charge is 0.320 e. The van der Waals surface area contributed by atoms with Crippen LogP contribution in [0.25, 0.3) is 0 Å². The maximum absolute atomic E-state index is 12.3. The Balaban J connectivity index is 1.87. The van der Waals surface area contributed by atoms with Crippen LogP contribution < -0.4 is 0 Å². The summed E-state index contributed by atoms with van der Waals surface area (Å²) in [4.78, 5) is 26.7. The number of carbonyl (C=O) groups is 2. The lowest BCUT2D eigenvalue weighted by atomic mass is 9.97. The van der Waals surface area contributed by atoms with E-state index >= 15 is 0 Å². The van der Waals surface area contributed by atoms with Crippen LogP contribution >= 0.6 is 0 Å². The summed E-state index contributed by atoms with van der Waals surface area (Å²) >= 11 is 0. The lowest BCUT2D eigenvalue weighted by molar-refractivity contribution is -0.139. The van der Waals surface area contributed by atoms with E-state index in [9.17, 15) is 9.59 Å². The summed E-state index contributed by atoms with van der Waals surface area (Å²) in [5.41, 5.74) is 0. The van der Waals surface area contributed by atoms with Crippen molar-refractivity contribution in [1.82, 2.24) is 9.80 Å². The van der Waals surface area contributed by atoms with Crippen LogP contribution in [-0.2, 0) is 4.79 Å². The Morgan fingerprint density at radius 3 is 2.50 bits per heavy atom. The topological polar surface area (TPSA) is 60.9 Å². The lowest BCUT2D eigenvalue weighted by Crippen LogP contribution is -2.57. The van der Waals surface area contributed by atoms with E-state index in [1.807, 2.05) is 4.90 Å². The molecule has 2 aliphatic rings. The van der Waals surface area contributed by atoms with Crippen LogP contribution in [0.4, 0.5) is 4.79 Å². The fraction of sp³-hybridized carbons (Fsp3) is 0.846. The van der Waals surface area contributed by atoms with Gasteiger partial charge in [-0.3, -0.25) is 4.79 Å². The van der Waals surface area contributed by atoms with Gasteiger partial charge in [0.25, 0.3) is 0 Å². The molecule has 2 aliphatic heterocycles. The lowest BCUT2D eigenvalue weighted by Gasteiger charge is -2.43. The maximum atomic E-state index is 12.3. The van der Waals surface area contributed by atoms with E-state index in [0.29, 0.717) is 25.2 Å². The first kappa shape index (κ1) is 13.2. The average molecular weight is 254 g/mol. The van der Waals surface area contributed by atoms with Gasteiger partial charge < -0.3 is 14.9 Å².